The van der Waals surface area contributed by atoms with Gasteiger partial charge in [0.2, 0.25) is 47.3 Å². The number of nitrogens with two attached hydrogens (primary N) is 1. The van der Waals surface area contributed by atoms with E-state index < -0.39 is 153 Å². The minimum atomic E-state index is -1.69. The number of carboxylic acids is 1. The highest BCUT2D eigenvalue weighted by Crippen LogP contribution is 2.20. The van der Waals surface area contributed by atoms with Crippen molar-refractivity contribution in [2.24, 2.45) is 5.73 Å². The second kappa shape index (κ2) is 36.0. The molecule has 1 heterocycles. The lowest BCUT2D eigenvalue weighted by atomic mass is 9.99. The Kier molecular flexibility index (Phi) is 32.4. The van der Waals surface area contributed by atoms with E-state index in [2.05, 4.69) is 51.1 Å². The average molecular weight is 987 g/mol. The number of carbonyl (C=O) groups excluding carboxylic acids is 8. The first-order valence-electron chi connectivity index (χ1n) is 24.7. The highest BCUT2D eigenvalue weighted by Gasteiger charge is 2.42. The van der Waals surface area contributed by atoms with E-state index >= 15 is 0 Å². The molecule has 1 aliphatic rings. The van der Waals surface area contributed by atoms with Crippen LogP contribution in [-0.2, 0) is 47.9 Å². The molecule has 1 rings (SSSR count). The topological polar surface area (TPSA) is 374 Å². The van der Waals surface area contributed by atoms with Crippen LogP contribution in [0.5, 0.6) is 0 Å². The normalized spacial score (nSPS) is 19.4. The molecule has 23 nitrogen and oxygen atoms in total. The van der Waals surface area contributed by atoms with Gasteiger partial charge in [-0.05, 0) is 26.2 Å². The fourth-order valence-electron chi connectivity index (χ4n) is 7.51. The van der Waals surface area contributed by atoms with Crippen molar-refractivity contribution in [3.63, 3.8) is 0 Å². The van der Waals surface area contributed by atoms with Crippen molar-refractivity contribution in [2.75, 3.05) is 19.7 Å². The number of aliphatic hydroxyl groups excluding tert-OH is 4. The third-order valence-electron chi connectivity index (χ3n) is 11.7. The largest absolute Gasteiger partial charge is 0.481 e. The Labute approximate surface area is 405 Å². The minimum absolute atomic E-state index is 0.198. The SMILES string of the molecule is CCCCCCCCCCC(NC(=O)CNC(=O)C(CO)NC(=O)C(CCC(=O)O)NC(=O)CCC(=O)N[C@H]1O[C@@H](C)[C@H](O)[C@@H](O)[C@H]1O)C(=O)NC(CCCCCCCCCC)C(=O)NCC(N)=O. The van der Waals surface area contributed by atoms with Crippen LogP contribution in [0.3, 0.4) is 0 Å². The van der Waals surface area contributed by atoms with E-state index in [0.717, 1.165) is 83.5 Å². The number of hydrogen-bond acceptors (Lipinski definition) is 14. The maximum atomic E-state index is 13.8. The predicted molar refractivity (Wildman–Crippen MR) is 251 cm³/mol. The zero-order chi connectivity index (χ0) is 51.7. The van der Waals surface area contributed by atoms with Crippen molar-refractivity contribution in [3.05, 3.63) is 0 Å². The van der Waals surface area contributed by atoms with E-state index in [0.29, 0.717) is 12.8 Å². The molecule has 1 fully saturated rings. The number of unbranched alkanes of at least 4 members (excludes halogenated alkanes) is 14. The number of nitrogens with one attached hydrogen (secondary N) is 7. The van der Waals surface area contributed by atoms with Gasteiger partial charge in [-0.3, -0.25) is 43.2 Å². The number of carbonyl (C=O) groups is 9. The summed E-state index contributed by atoms with van der Waals surface area (Å²) in [5.41, 5.74) is 5.24. The van der Waals surface area contributed by atoms with Gasteiger partial charge in [0.15, 0.2) is 6.23 Å². The van der Waals surface area contributed by atoms with Gasteiger partial charge in [-0.15, -0.1) is 0 Å². The van der Waals surface area contributed by atoms with Crippen LogP contribution in [-0.4, -0.2) is 153 Å². The zero-order valence-corrected chi connectivity index (χ0v) is 40.8. The summed E-state index contributed by atoms with van der Waals surface area (Å²) in [5, 5.41) is 66.1. The van der Waals surface area contributed by atoms with Crippen molar-refractivity contribution in [3.8, 4) is 0 Å². The molecule has 4 unspecified atom stereocenters. The first-order chi connectivity index (χ1) is 32.8. The third-order valence-corrected chi connectivity index (χ3v) is 11.7. The van der Waals surface area contributed by atoms with Crippen LogP contribution in [0.4, 0.5) is 0 Å². The minimum Gasteiger partial charge on any atom is -0.481 e. The summed E-state index contributed by atoms with van der Waals surface area (Å²) in [7, 11) is 0. The van der Waals surface area contributed by atoms with Gasteiger partial charge in [-0.2, -0.15) is 0 Å². The summed E-state index contributed by atoms with van der Waals surface area (Å²) < 4.78 is 5.31. The smallest absolute Gasteiger partial charge is 0.303 e. The highest BCUT2D eigenvalue weighted by molar-refractivity contribution is 5.96. The predicted octanol–water partition coefficient (Wildman–Crippen LogP) is -0.714. The number of ether oxygens (including phenoxy) is 1. The van der Waals surface area contributed by atoms with E-state index in [-0.39, 0.29) is 12.8 Å². The summed E-state index contributed by atoms with van der Waals surface area (Å²) in [6.45, 7) is 3.55. The quantitative estimate of drug-likeness (QED) is 0.0340. The molecule has 0 aliphatic carbocycles. The second-order valence-electron chi connectivity index (χ2n) is 17.7. The number of primary amides is 1. The van der Waals surface area contributed by atoms with Crippen LogP contribution < -0.4 is 43.0 Å². The van der Waals surface area contributed by atoms with Crippen molar-refractivity contribution < 1.29 is 73.4 Å². The standard InChI is InChI=1S/C46H82N8O15/c1-4-6-8-10-12-14-16-18-20-30(42(65)48-26-34(47)56)52-44(67)31(21-19-17-15-13-11-9-7-5-2)51-37(59)27-49-43(66)33(28-55)53-45(68)32(22-25-38(60)61)50-35(57)23-24-36(58)54-46-41(64)40(63)39(62)29(3)69-46/h29-33,39-41,46,55,62-64H,4-28H2,1-3H3,(H2,47,56)(H,48,65)(H,49,66)(H,50,57)(H,51,59)(H,52,67)(H,53,68)(H,54,58)(H,60,61)/t29-,30?,31?,32?,33?,39-,40+,41+,46-/m0/s1. The second-order valence-corrected chi connectivity index (χ2v) is 17.7. The lowest BCUT2D eigenvalue weighted by Crippen LogP contribution is -2.61. The van der Waals surface area contributed by atoms with E-state index in [1.807, 2.05) is 0 Å². The first kappa shape index (κ1) is 62.0. The zero-order valence-electron chi connectivity index (χ0n) is 40.8. The van der Waals surface area contributed by atoms with Gasteiger partial charge in [0.05, 0.1) is 25.8 Å². The molecule has 69 heavy (non-hydrogen) atoms. The Morgan fingerprint density at radius 2 is 0.942 bits per heavy atom. The summed E-state index contributed by atoms with van der Waals surface area (Å²) in [6, 6.07) is -5.41. The molecule has 14 N–H and O–H groups in total. The Hall–Kier alpha value is -4.97. The van der Waals surface area contributed by atoms with Crippen LogP contribution in [0.1, 0.15) is 162 Å². The van der Waals surface area contributed by atoms with E-state index in [4.69, 9.17) is 10.5 Å². The van der Waals surface area contributed by atoms with Crippen molar-refractivity contribution in [1.29, 1.82) is 0 Å². The van der Waals surface area contributed by atoms with Crippen LogP contribution >= 0.6 is 0 Å². The summed E-state index contributed by atoms with van der Waals surface area (Å²) in [4.78, 5) is 115. The molecule has 0 spiro atoms. The van der Waals surface area contributed by atoms with Crippen molar-refractivity contribution >= 4 is 53.2 Å². The molecule has 0 aromatic rings. The molecular formula is C46H82N8O15. The van der Waals surface area contributed by atoms with Crippen LogP contribution in [0.15, 0.2) is 0 Å². The Balaban J connectivity index is 2.97. The number of aliphatic carboxylic acids is 1. The number of amides is 8. The Morgan fingerprint density at radius 1 is 0.507 bits per heavy atom. The highest BCUT2D eigenvalue weighted by atomic mass is 16.5. The Morgan fingerprint density at radius 3 is 1.45 bits per heavy atom. The molecule has 23 heteroatoms. The summed E-state index contributed by atoms with van der Waals surface area (Å²) in [5.74, 6) is -7.96. The van der Waals surface area contributed by atoms with E-state index in [9.17, 15) is 68.7 Å². The molecule has 1 saturated heterocycles. The maximum absolute atomic E-state index is 13.8. The van der Waals surface area contributed by atoms with E-state index in [1.54, 1.807) is 0 Å². The fourth-order valence-corrected chi connectivity index (χ4v) is 7.51. The average Bonchev–Trinajstić information content (AvgIpc) is 3.31. The fraction of sp³-hybridized carbons (Fsp3) is 0.804. The lowest BCUT2D eigenvalue weighted by molar-refractivity contribution is -0.224. The third kappa shape index (κ3) is 27.1. The molecule has 1 aliphatic heterocycles. The lowest BCUT2D eigenvalue weighted by Gasteiger charge is -2.39. The van der Waals surface area contributed by atoms with Crippen LogP contribution in [0, 0.1) is 0 Å². The van der Waals surface area contributed by atoms with Gasteiger partial charge in [0, 0.05) is 19.3 Å². The van der Waals surface area contributed by atoms with Crippen molar-refractivity contribution in [1.82, 2.24) is 37.2 Å². The summed E-state index contributed by atoms with van der Waals surface area (Å²) >= 11 is 0. The van der Waals surface area contributed by atoms with Gasteiger partial charge in [0.1, 0.15) is 42.5 Å². The molecule has 9 atom stereocenters. The molecule has 0 bridgehead atoms. The van der Waals surface area contributed by atoms with Gasteiger partial charge in [0.25, 0.3) is 0 Å². The van der Waals surface area contributed by atoms with E-state index in [1.165, 1.54) is 13.3 Å². The first-order valence-corrected chi connectivity index (χ1v) is 24.7. The molecule has 0 aromatic carbocycles. The maximum Gasteiger partial charge on any atom is 0.303 e. The number of hydrogen-bond donors (Lipinski definition) is 13. The molecule has 8 amide bonds. The van der Waals surface area contributed by atoms with Gasteiger partial charge >= 0.3 is 5.97 Å². The van der Waals surface area contributed by atoms with Crippen molar-refractivity contribution in [2.45, 2.75) is 217 Å². The number of rotatable bonds is 38. The van der Waals surface area contributed by atoms with Crippen LogP contribution in [0.25, 0.3) is 0 Å². The molecule has 396 valence electrons. The monoisotopic (exact) mass is 987 g/mol. The van der Waals surface area contributed by atoms with Gasteiger partial charge in [-0.25, -0.2) is 0 Å². The van der Waals surface area contributed by atoms with Gasteiger partial charge < -0.3 is 73.2 Å². The molecular weight excluding hydrogens is 905 g/mol. The molecule has 0 aromatic heterocycles. The number of carboxylic acid groups (broad SMARTS) is 1. The Bertz CT molecular complexity index is 1610. The molecule has 0 radical (unpaired) electrons. The van der Waals surface area contributed by atoms with Crippen LogP contribution in [0.2, 0.25) is 0 Å². The van der Waals surface area contributed by atoms with Gasteiger partial charge in [-0.1, -0.05) is 117 Å². The molecule has 0 saturated carbocycles. The summed E-state index contributed by atoms with van der Waals surface area (Å²) in [6.07, 6.45) is 6.97. The number of aliphatic hydroxyl groups is 4.